The van der Waals surface area contributed by atoms with Gasteiger partial charge in [0.15, 0.2) is 6.29 Å². The molecule has 4 saturated carbocycles. The van der Waals surface area contributed by atoms with Crippen molar-refractivity contribution in [3.63, 3.8) is 0 Å². The van der Waals surface area contributed by atoms with Crippen molar-refractivity contribution in [2.75, 3.05) is 13.2 Å². The number of allylic oxidation sites excluding steroid dienone is 2. The van der Waals surface area contributed by atoms with E-state index >= 15 is 0 Å². The predicted octanol–water partition coefficient (Wildman–Crippen LogP) is 2.02. The maximum atomic E-state index is 14.5. The molecule has 55 heavy (non-hydrogen) atoms. The molecule has 0 aromatic heterocycles. The minimum absolute atomic E-state index is 0.0660. The van der Waals surface area contributed by atoms with Crippen LogP contribution in [-0.4, -0.2) is 127 Å². The van der Waals surface area contributed by atoms with Crippen LogP contribution in [0.25, 0.3) is 0 Å². The highest BCUT2D eigenvalue weighted by molar-refractivity contribution is 5.79. The van der Waals surface area contributed by atoms with Gasteiger partial charge in [-0.15, -0.1) is 0 Å². The molecule has 0 radical (unpaired) electrons. The molecule has 0 aromatic carbocycles. The van der Waals surface area contributed by atoms with E-state index in [0.717, 1.165) is 19.3 Å². The average molecular weight is 781 g/mol. The zero-order valence-electron chi connectivity index (χ0n) is 33.1. The zero-order valence-corrected chi connectivity index (χ0v) is 33.1. The first-order valence-electron chi connectivity index (χ1n) is 20.4. The van der Waals surface area contributed by atoms with Crippen LogP contribution < -0.4 is 0 Å². The number of aliphatic hydroxyl groups excluding tert-OH is 7. The highest BCUT2D eigenvalue weighted by Crippen LogP contribution is 2.76. The standard InChI is InChI=1S/C41H64O14/c1-36(2)13-15-41(35(51)55-33-31(48)29(46)28(45)23(18-42)53-33)16-14-38(4)20(21(41)17-36)7-8-24-37(3)11-10-26(54-32-30(47)27(44)22(43)19-52-32)40(6,34(49)50)25(37)9-12-39(24,38)5/h7,21-33,42-48H,8-19H2,1-6H3,(H,49,50). The van der Waals surface area contributed by atoms with Gasteiger partial charge in [0.2, 0.25) is 6.29 Å². The SMILES string of the molecule is CC1(C)CCC2(C(=O)OC3OC(CO)C(O)C(O)C3O)CCC3(C)C(=CCC4C5(C)CCC(OC6OCC(O)C(O)C6O)C(C)(C(=O)O)C5CCC43C)C2C1. The number of rotatable bonds is 6. The van der Waals surface area contributed by atoms with E-state index in [1.807, 2.05) is 0 Å². The molecular weight excluding hydrogens is 716 g/mol. The lowest BCUT2D eigenvalue weighted by Gasteiger charge is -2.71. The fourth-order valence-corrected chi connectivity index (χ4v) is 13.2. The molecular formula is C41H64O14. The molecule has 5 aliphatic carbocycles. The summed E-state index contributed by atoms with van der Waals surface area (Å²) in [5.74, 6) is -1.81. The molecule has 0 amide bonds. The van der Waals surface area contributed by atoms with E-state index in [2.05, 4.69) is 40.7 Å². The Kier molecular flexibility index (Phi) is 10.5. The second kappa shape index (κ2) is 13.9. The lowest BCUT2D eigenvalue weighted by molar-refractivity contribution is -0.308. The number of hydrogen-bond acceptors (Lipinski definition) is 13. The zero-order chi connectivity index (χ0) is 40.3. The molecule has 2 aliphatic heterocycles. The number of carbonyl (C=O) groups excluding carboxylic acids is 1. The van der Waals surface area contributed by atoms with Crippen LogP contribution in [0.4, 0.5) is 0 Å². The molecule has 2 saturated heterocycles. The van der Waals surface area contributed by atoms with Gasteiger partial charge in [0.25, 0.3) is 0 Å². The van der Waals surface area contributed by atoms with Crippen molar-refractivity contribution in [2.24, 2.45) is 50.2 Å². The van der Waals surface area contributed by atoms with Gasteiger partial charge in [-0.1, -0.05) is 46.3 Å². The summed E-state index contributed by atoms with van der Waals surface area (Å²) in [6.45, 7) is 12.3. The molecule has 312 valence electrons. The lowest BCUT2D eigenvalue weighted by atomic mass is 9.33. The summed E-state index contributed by atoms with van der Waals surface area (Å²) < 4.78 is 23.4. The van der Waals surface area contributed by atoms with Crippen LogP contribution >= 0.6 is 0 Å². The molecule has 0 bridgehead atoms. The van der Waals surface area contributed by atoms with Gasteiger partial charge < -0.3 is 59.8 Å². The van der Waals surface area contributed by atoms with Crippen molar-refractivity contribution >= 4 is 11.9 Å². The van der Waals surface area contributed by atoms with Crippen molar-refractivity contribution in [3.8, 4) is 0 Å². The largest absolute Gasteiger partial charge is 0.481 e. The second-order valence-electron chi connectivity index (χ2n) is 20.0. The Hall–Kier alpha value is -1.72. The smallest absolute Gasteiger partial charge is 0.315 e. The Labute approximate surface area is 323 Å². The van der Waals surface area contributed by atoms with Crippen LogP contribution in [0.3, 0.4) is 0 Å². The van der Waals surface area contributed by atoms with Gasteiger partial charge >= 0.3 is 11.9 Å². The summed E-state index contributed by atoms with van der Waals surface area (Å²) in [5.41, 5.74) is -2.02. The number of carboxylic acid groups (broad SMARTS) is 1. The van der Waals surface area contributed by atoms with Gasteiger partial charge in [-0.3, -0.25) is 9.59 Å². The molecule has 2 heterocycles. The Morgan fingerprint density at radius 1 is 0.800 bits per heavy atom. The van der Waals surface area contributed by atoms with Crippen LogP contribution in [0.5, 0.6) is 0 Å². The van der Waals surface area contributed by atoms with Crippen LogP contribution in [-0.2, 0) is 28.5 Å². The summed E-state index contributed by atoms with van der Waals surface area (Å²) in [5, 5.41) is 83.2. The summed E-state index contributed by atoms with van der Waals surface area (Å²) in [7, 11) is 0. The number of aliphatic carboxylic acids is 1. The van der Waals surface area contributed by atoms with Gasteiger partial charge in [0.05, 0.1) is 30.1 Å². The summed E-state index contributed by atoms with van der Waals surface area (Å²) in [6.07, 6.45) is -5.14. The lowest BCUT2D eigenvalue weighted by Crippen LogP contribution is -2.67. The van der Waals surface area contributed by atoms with Crippen molar-refractivity contribution in [1.29, 1.82) is 0 Å². The Bertz CT molecular complexity index is 1530. The number of carbonyl (C=O) groups is 2. The first kappa shape index (κ1) is 41.4. The van der Waals surface area contributed by atoms with Gasteiger partial charge in [-0.25, -0.2) is 0 Å². The van der Waals surface area contributed by atoms with E-state index < -0.39 is 96.2 Å². The molecule has 14 nitrogen and oxygen atoms in total. The highest BCUT2D eigenvalue weighted by Gasteiger charge is 2.71. The Morgan fingerprint density at radius 2 is 1.47 bits per heavy atom. The van der Waals surface area contributed by atoms with Crippen molar-refractivity contribution in [2.45, 2.75) is 167 Å². The van der Waals surface area contributed by atoms with Crippen LogP contribution in [0.1, 0.15) is 106 Å². The number of fused-ring (bicyclic) bond motifs is 7. The van der Waals surface area contributed by atoms with Gasteiger partial charge in [-0.05, 0) is 111 Å². The van der Waals surface area contributed by atoms with Gasteiger partial charge in [0.1, 0.15) is 42.7 Å². The summed E-state index contributed by atoms with van der Waals surface area (Å²) >= 11 is 0. The molecule has 18 unspecified atom stereocenters. The Balaban J connectivity index is 1.19. The molecule has 7 aliphatic rings. The summed E-state index contributed by atoms with van der Waals surface area (Å²) in [6, 6.07) is 0. The molecule has 0 aromatic rings. The minimum atomic E-state index is -1.69. The second-order valence-corrected chi connectivity index (χ2v) is 20.0. The minimum Gasteiger partial charge on any atom is -0.481 e. The first-order chi connectivity index (χ1) is 25.6. The fraction of sp³-hybridized carbons (Fsp3) is 0.902. The normalized spacial score (nSPS) is 53.4. The topological polar surface area (TPSA) is 233 Å². The number of esters is 1. The van der Waals surface area contributed by atoms with E-state index in [4.69, 9.17) is 18.9 Å². The van der Waals surface area contributed by atoms with E-state index in [0.29, 0.717) is 44.9 Å². The van der Waals surface area contributed by atoms with Gasteiger partial charge in [0, 0.05) is 0 Å². The molecule has 14 heteroatoms. The van der Waals surface area contributed by atoms with Crippen molar-refractivity contribution < 1.29 is 69.4 Å². The molecule has 0 spiro atoms. The highest BCUT2D eigenvalue weighted by atomic mass is 16.7. The predicted molar refractivity (Wildman–Crippen MR) is 193 cm³/mol. The van der Waals surface area contributed by atoms with E-state index in [1.54, 1.807) is 6.92 Å². The van der Waals surface area contributed by atoms with Gasteiger partial charge in [-0.2, -0.15) is 0 Å². The maximum Gasteiger partial charge on any atom is 0.315 e. The third-order valence-corrected chi connectivity index (χ3v) is 16.9. The van der Waals surface area contributed by atoms with Crippen molar-refractivity contribution in [1.82, 2.24) is 0 Å². The average Bonchev–Trinajstić information content (AvgIpc) is 3.13. The molecule has 8 N–H and O–H groups in total. The monoisotopic (exact) mass is 780 g/mol. The third kappa shape index (κ3) is 6.01. The van der Waals surface area contributed by atoms with E-state index in [9.17, 15) is 50.4 Å². The summed E-state index contributed by atoms with van der Waals surface area (Å²) in [4.78, 5) is 28.0. The van der Waals surface area contributed by atoms with E-state index in [-0.39, 0.29) is 40.6 Å². The maximum absolute atomic E-state index is 14.5. The molecule has 6 fully saturated rings. The van der Waals surface area contributed by atoms with Crippen molar-refractivity contribution in [3.05, 3.63) is 11.6 Å². The Morgan fingerprint density at radius 3 is 2.15 bits per heavy atom. The molecule has 7 rings (SSSR count). The van der Waals surface area contributed by atoms with Crippen LogP contribution in [0, 0.1) is 50.2 Å². The fourth-order valence-electron chi connectivity index (χ4n) is 13.2. The van der Waals surface area contributed by atoms with E-state index in [1.165, 1.54) is 5.57 Å². The molecule has 18 atom stereocenters. The number of hydrogen-bond donors (Lipinski definition) is 8. The first-order valence-corrected chi connectivity index (χ1v) is 20.4. The number of ether oxygens (including phenoxy) is 4. The van der Waals surface area contributed by atoms with Crippen LogP contribution in [0.15, 0.2) is 11.6 Å². The number of aliphatic hydroxyl groups is 7. The van der Waals surface area contributed by atoms with Crippen LogP contribution in [0.2, 0.25) is 0 Å². The number of carboxylic acids is 1. The quantitative estimate of drug-likeness (QED) is 0.110. The third-order valence-electron chi connectivity index (χ3n) is 16.9.